The van der Waals surface area contributed by atoms with E-state index in [9.17, 15) is 4.39 Å². The minimum atomic E-state index is -1.54. The zero-order chi connectivity index (χ0) is 12.4. The summed E-state index contributed by atoms with van der Waals surface area (Å²) in [6.45, 7) is 0. The second-order valence-electron chi connectivity index (χ2n) is 3.61. The first kappa shape index (κ1) is 13.8. The van der Waals surface area contributed by atoms with Crippen molar-refractivity contribution in [3.63, 3.8) is 0 Å². The molecule has 1 nitrogen and oxygen atoms in total. The van der Waals surface area contributed by atoms with Gasteiger partial charge >= 0.3 is 0 Å². The summed E-state index contributed by atoms with van der Waals surface area (Å²) in [4.78, 5) is 0. The highest BCUT2D eigenvalue weighted by Gasteiger charge is 2.26. The first-order valence-corrected chi connectivity index (χ1v) is 5.26. The standard InChI is InChI=1S/C9H6B4BrFO/c10-8(11,14)5-9(12,13)16-7-3-1-6(15)2-4-7/h1-4H,5H2. The smallest absolute Gasteiger partial charge is 0.123 e. The zero-order valence-electron chi connectivity index (χ0n) is 8.49. The van der Waals surface area contributed by atoms with Gasteiger partial charge in [-0.2, -0.15) is 0 Å². The van der Waals surface area contributed by atoms with Crippen LogP contribution in [0.15, 0.2) is 24.3 Å². The number of ether oxygens (including phenoxy) is 1. The summed E-state index contributed by atoms with van der Waals surface area (Å²) < 4.78 is 16.6. The molecular weight excluding hydrogens is 266 g/mol. The van der Waals surface area contributed by atoms with Gasteiger partial charge in [0.25, 0.3) is 0 Å². The Morgan fingerprint density at radius 2 is 1.62 bits per heavy atom. The van der Waals surface area contributed by atoms with E-state index in [1.165, 1.54) is 24.3 Å². The van der Waals surface area contributed by atoms with E-state index < -0.39 is 9.52 Å². The molecule has 0 N–H and O–H groups in total. The highest BCUT2D eigenvalue weighted by atomic mass is 79.9. The summed E-state index contributed by atoms with van der Waals surface area (Å²) in [6.07, 6.45) is -0.0304. The average Bonchev–Trinajstić information content (AvgIpc) is 2.04. The lowest BCUT2D eigenvalue weighted by Crippen LogP contribution is -2.44. The van der Waals surface area contributed by atoms with E-state index in [0.29, 0.717) is 5.75 Å². The molecule has 0 saturated carbocycles. The number of rotatable bonds is 4. The van der Waals surface area contributed by atoms with Crippen molar-refractivity contribution in [1.29, 1.82) is 0 Å². The Hall–Kier alpha value is -0.310. The second-order valence-corrected chi connectivity index (χ2v) is 5.09. The van der Waals surface area contributed by atoms with Crippen LogP contribution in [0.4, 0.5) is 4.39 Å². The van der Waals surface area contributed by atoms with Crippen LogP contribution in [0.25, 0.3) is 0 Å². The number of hydrogen-bond acceptors (Lipinski definition) is 1. The molecule has 0 aromatic heterocycles. The Morgan fingerprint density at radius 3 is 2.06 bits per heavy atom. The van der Waals surface area contributed by atoms with Gasteiger partial charge < -0.3 is 4.74 Å². The third kappa shape index (κ3) is 5.15. The van der Waals surface area contributed by atoms with Gasteiger partial charge in [-0.3, -0.25) is 0 Å². The zero-order valence-corrected chi connectivity index (χ0v) is 10.1. The molecule has 0 aliphatic carbocycles. The maximum Gasteiger partial charge on any atom is 0.123 e. The Bertz CT molecular complexity index is 350. The molecule has 1 rings (SSSR count). The van der Waals surface area contributed by atoms with Gasteiger partial charge in [-0.05, 0) is 34.8 Å². The maximum absolute atomic E-state index is 12.6. The van der Waals surface area contributed by atoms with Crippen LogP contribution in [-0.2, 0) is 0 Å². The van der Waals surface area contributed by atoms with E-state index in [1.54, 1.807) is 0 Å². The maximum atomic E-state index is 12.6. The molecule has 0 aliphatic rings. The lowest BCUT2D eigenvalue weighted by Gasteiger charge is -2.34. The summed E-state index contributed by atoms with van der Waals surface area (Å²) in [5.74, 6) is -0.0392. The Balaban J connectivity index is 2.69. The van der Waals surface area contributed by atoms with Crippen molar-refractivity contribution >= 4 is 47.3 Å². The van der Waals surface area contributed by atoms with Gasteiger partial charge in [0.2, 0.25) is 0 Å². The predicted octanol–water partition coefficient (Wildman–Crippen LogP) is 0.971. The van der Waals surface area contributed by atoms with Crippen molar-refractivity contribution in [2.75, 3.05) is 0 Å². The van der Waals surface area contributed by atoms with Crippen LogP contribution in [0.3, 0.4) is 0 Å². The minimum absolute atomic E-state index is 0.0304. The average molecular weight is 272 g/mol. The Labute approximate surface area is 108 Å². The van der Waals surface area contributed by atoms with Crippen molar-refractivity contribution in [2.45, 2.75) is 15.9 Å². The third-order valence-electron chi connectivity index (χ3n) is 1.67. The van der Waals surface area contributed by atoms with Crippen molar-refractivity contribution in [3.8, 4) is 5.75 Å². The predicted molar refractivity (Wildman–Crippen MR) is 69.1 cm³/mol. The van der Waals surface area contributed by atoms with Gasteiger partial charge in [0, 0.05) is 5.40 Å². The van der Waals surface area contributed by atoms with Crippen LogP contribution >= 0.6 is 15.9 Å². The molecule has 0 atom stereocenters. The molecular formula is C9H6B4BrFO. The summed E-state index contributed by atoms with van der Waals surface area (Å²) in [6, 6.07) is 5.29. The normalized spacial score (nSPS) is 12.4. The molecule has 0 fully saturated rings. The van der Waals surface area contributed by atoms with Crippen molar-refractivity contribution in [2.24, 2.45) is 0 Å². The van der Waals surface area contributed by atoms with E-state index in [-0.39, 0.29) is 12.2 Å². The van der Waals surface area contributed by atoms with Crippen molar-refractivity contribution < 1.29 is 9.13 Å². The van der Waals surface area contributed by atoms with Crippen LogP contribution in [0.1, 0.15) is 6.42 Å². The van der Waals surface area contributed by atoms with Gasteiger partial charge in [-0.15, -0.1) is 15.9 Å². The molecule has 8 radical (unpaired) electrons. The number of hydrogen-bond donors (Lipinski definition) is 0. The summed E-state index contributed by atoms with van der Waals surface area (Å²) >= 11 is 2.99. The fourth-order valence-electron chi connectivity index (χ4n) is 1.18. The quantitative estimate of drug-likeness (QED) is 0.586. The number of alkyl halides is 1. The van der Waals surface area contributed by atoms with Crippen LogP contribution in [0.2, 0.25) is 0 Å². The lowest BCUT2D eigenvalue weighted by atomic mass is 9.54. The summed E-state index contributed by atoms with van der Waals surface area (Å²) in [5, 5.41) is -1.54. The summed E-state index contributed by atoms with van der Waals surface area (Å²) in [5.41, 5.74) is 0. The van der Waals surface area contributed by atoms with Gasteiger partial charge in [0.1, 0.15) is 27.3 Å². The van der Waals surface area contributed by atoms with E-state index in [0.717, 1.165) is 0 Å². The molecule has 0 unspecified atom stereocenters. The SMILES string of the molecule is [B]C([B])(Br)CC([B])([B])Oc1ccc(F)cc1. The Kier molecular flexibility index (Phi) is 4.22. The molecule has 1 aromatic carbocycles. The highest BCUT2D eigenvalue weighted by Crippen LogP contribution is 2.24. The Morgan fingerprint density at radius 1 is 1.12 bits per heavy atom. The minimum Gasteiger partial charge on any atom is -0.507 e. The number of benzene rings is 1. The van der Waals surface area contributed by atoms with Crippen molar-refractivity contribution in [3.05, 3.63) is 30.1 Å². The molecule has 1 aromatic rings. The molecule has 7 heteroatoms. The van der Waals surface area contributed by atoms with Crippen molar-refractivity contribution in [1.82, 2.24) is 0 Å². The van der Waals surface area contributed by atoms with Gasteiger partial charge in [0.05, 0.1) is 15.7 Å². The number of halogens is 2. The second kappa shape index (κ2) is 4.91. The van der Waals surface area contributed by atoms with E-state index >= 15 is 0 Å². The molecule has 74 valence electrons. The molecule has 0 spiro atoms. The van der Waals surface area contributed by atoms with E-state index in [4.69, 9.17) is 36.1 Å². The van der Waals surface area contributed by atoms with Crippen LogP contribution in [0.5, 0.6) is 5.75 Å². The first-order chi connectivity index (χ1) is 7.18. The van der Waals surface area contributed by atoms with E-state index in [1.807, 2.05) is 0 Å². The fraction of sp³-hybridized carbons (Fsp3) is 0.333. The third-order valence-corrected chi connectivity index (χ3v) is 1.95. The molecule has 16 heavy (non-hydrogen) atoms. The van der Waals surface area contributed by atoms with Gasteiger partial charge in [0.15, 0.2) is 0 Å². The molecule has 0 heterocycles. The molecule has 0 amide bonds. The van der Waals surface area contributed by atoms with Crippen LogP contribution in [0, 0.1) is 5.82 Å². The lowest BCUT2D eigenvalue weighted by molar-refractivity contribution is 0.231. The first-order valence-electron chi connectivity index (χ1n) is 4.47. The largest absolute Gasteiger partial charge is 0.507 e. The van der Waals surface area contributed by atoms with E-state index in [2.05, 4.69) is 15.9 Å². The molecule has 0 saturated heterocycles. The van der Waals surface area contributed by atoms with Gasteiger partial charge in [-0.25, -0.2) is 4.39 Å². The summed E-state index contributed by atoms with van der Waals surface area (Å²) in [7, 11) is 22.3. The van der Waals surface area contributed by atoms with Crippen LogP contribution < -0.4 is 4.74 Å². The highest BCUT2D eigenvalue weighted by molar-refractivity contribution is 9.11. The van der Waals surface area contributed by atoms with Crippen LogP contribution in [-0.4, -0.2) is 40.9 Å². The molecule has 0 aliphatic heterocycles. The topological polar surface area (TPSA) is 9.23 Å². The fourth-order valence-corrected chi connectivity index (χ4v) is 1.62. The van der Waals surface area contributed by atoms with Gasteiger partial charge in [-0.1, -0.05) is 0 Å². The monoisotopic (exact) mass is 272 g/mol. The molecule has 0 bridgehead atoms.